The number of anilines is 1. The van der Waals surface area contributed by atoms with Crippen LogP contribution in [0.5, 0.6) is 5.75 Å². The van der Waals surface area contributed by atoms with Gasteiger partial charge >= 0.3 is 0 Å². The average Bonchev–Trinajstić information content (AvgIpc) is 1.97. The van der Waals surface area contributed by atoms with Crippen LogP contribution in [0.1, 0.15) is 11.1 Å². The molecule has 11 heavy (non-hydrogen) atoms. The molecular weight excluding hydrogens is 138 g/mol. The fourth-order valence-corrected chi connectivity index (χ4v) is 0.912. The fraction of sp³-hybridized carbons (Fsp3) is 0.111. The van der Waals surface area contributed by atoms with Crippen molar-refractivity contribution in [3.8, 4) is 5.75 Å². The number of hydrogen-bond donors (Lipinski definition) is 2. The van der Waals surface area contributed by atoms with Crippen molar-refractivity contribution in [2.75, 3.05) is 5.73 Å². The first-order valence-corrected chi connectivity index (χ1v) is 3.36. The van der Waals surface area contributed by atoms with Crippen LogP contribution in [0.25, 0.3) is 6.08 Å². The van der Waals surface area contributed by atoms with Crippen LogP contribution in [0, 0.1) is 6.92 Å². The van der Waals surface area contributed by atoms with E-state index in [0.717, 1.165) is 11.1 Å². The molecule has 0 radical (unpaired) electrons. The predicted octanol–water partition coefficient (Wildman–Crippen LogP) is 1.93. The van der Waals surface area contributed by atoms with Gasteiger partial charge in [-0.3, -0.25) is 0 Å². The van der Waals surface area contributed by atoms with Gasteiger partial charge in [0, 0.05) is 11.8 Å². The second kappa shape index (κ2) is 2.66. The van der Waals surface area contributed by atoms with Crippen molar-refractivity contribution >= 4 is 11.8 Å². The first-order valence-electron chi connectivity index (χ1n) is 3.36. The third-order valence-corrected chi connectivity index (χ3v) is 1.62. The van der Waals surface area contributed by atoms with E-state index in [0.29, 0.717) is 5.69 Å². The van der Waals surface area contributed by atoms with E-state index in [-0.39, 0.29) is 5.75 Å². The molecule has 0 saturated heterocycles. The van der Waals surface area contributed by atoms with Crippen LogP contribution in [0.2, 0.25) is 0 Å². The van der Waals surface area contributed by atoms with Crippen LogP contribution in [-0.4, -0.2) is 5.11 Å². The zero-order valence-corrected chi connectivity index (χ0v) is 6.46. The SMILES string of the molecule is C=Cc1cc(C)c(O)cc1N. The molecule has 3 N–H and O–H groups in total. The molecule has 0 atom stereocenters. The molecule has 2 heteroatoms. The summed E-state index contributed by atoms with van der Waals surface area (Å²) in [7, 11) is 0. The minimum atomic E-state index is 0.230. The summed E-state index contributed by atoms with van der Waals surface area (Å²) in [6, 6.07) is 3.34. The molecule has 0 saturated carbocycles. The van der Waals surface area contributed by atoms with Gasteiger partial charge in [0.2, 0.25) is 0 Å². The Kier molecular flexibility index (Phi) is 1.85. The summed E-state index contributed by atoms with van der Waals surface area (Å²) in [4.78, 5) is 0. The fourth-order valence-electron chi connectivity index (χ4n) is 0.912. The summed E-state index contributed by atoms with van der Waals surface area (Å²) in [6.45, 7) is 5.42. The molecule has 0 aliphatic carbocycles. The van der Waals surface area contributed by atoms with Crippen LogP contribution < -0.4 is 5.73 Å². The molecule has 0 aliphatic rings. The number of phenolic OH excluding ortho intramolecular Hbond substituents is 1. The first kappa shape index (κ1) is 7.66. The molecular formula is C9H11NO. The minimum Gasteiger partial charge on any atom is -0.508 e. The number of rotatable bonds is 1. The highest BCUT2D eigenvalue weighted by Gasteiger charge is 1.99. The molecule has 0 amide bonds. The van der Waals surface area contributed by atoms with Gasteiger partial charge < -0.3 is 10.8 Å². The van der Waals surface area contributed by atoms with Gasteiger partial charge in [-0.2, -0.15) is 0 Å². The number of phenols is 1. The summed E-state index contributed by atoms with van der Waals surface area (Å²) in [6.07, 6.45) is 1.67. The molecule has 0 aliphatic heterocycles. The number of aryl methyl sites for hydroxylation is 1. The van der Waals surface area contributed by atoms with E-state index in [1.54, 1.807) is 12.1 Å². The molecule has 1 aromatic carbocycles. The Balaban J connectivity index is 3.31. The summed E-state index contributed by atoms with van der Waals surface area (Å²) in [5, 5.41) is 9.21. The van der Waals surface area contributed by atoms with Crippen molar-refractivity contribution in [3.05, 3.63) is 29.8 Å². The maximum atomic E-state index is 9.21. The topological polar surface area (TPSA) is 46.2 Å². The van der Waals surface area contributed by atoms with Gasteiger partial charge in [0.25, 0.3) is 0 Å². The van der Waals surface area contributed by atoms with Crippen LogP contribution in [0.4, 0.5) is 5.69 Å². The summed E-state index contributed by atoms with van der Waals surface area (Å²) in [5.41, 5.74) is 7.80. The van der Waals surface area contributed by atoms with E-state index in [1.807, 2.05) is 6.92 Å². The predicted molar refractivity (Wildman–Crippen MR) is 47.3 cm³/mol. The van der Waals surface area contributed by atoms with Gasteiger partial charge in [-0.15, -0.1) is 0 Å². The van der Waals surface area contributed by atoms with E-state index in [1.165, 1.54) is 6.07 Å². The van der Waals surface area contributed by atoms with Crippen LogP contribution in [0.3, 0.4) is 0 Å². The highest BCUT2D eigenvalue weighted by molar-refractivity contribution is 5.66. The molecule has 0 unspecified atom stereocenters. The molecule has 1 aromatic rings. The van der Waals surface area contributed by atoms with Crippen molar-refractivity contribution in [2.24, 2.45) is 0 Å². The van der Waals surface area contributed by atoms with Crippen molar-refractivity contribution in [2.45, 2.75) is 6.92 Å². The minimum absolute atomic E-state index is 0.230. The van der Waals surface area contributed by atoms with E-state index in [4.69, 9.17) is 5.73 Å². The van der Waals surface area contributed by atoms with Gasteiger partial charge in [0.15, 0.2) is 0 Å². The molecule has 1 rings (SSSR count). The second-order valence-corrected chi connectivity index (χ2v) is 2.47. The van der Waals surface area contributed by atoms with Crippen molar-refractivity contribution < 1.29 is 5.11 Å². The number of nitrogens with two attached hydrogens (primary N) is 1. The highest BCUT2D eigenvalue weighted by atomic mass is 16.3. The number of aromatic hydroxyl groups is 1. The van der Waals surface area contributed by atoms with Gasteiger partial charge in [-0.05, 0) is 24.1 Å². The Morgan fingerprint density at radius 2 is 2.18 bits per heavy atom. The maximum Gasteiger partial charge on any atom is 0.120 e. The van der Waals surface area contributed by atoms with E-state index in [2.05, 4.69) is 6.58 Å². The second-order valence-electron chi connectivity index (χ2n) is 2.47. The summed E-state index contributed by atoms with van der Waals surface area (Å²) in [5.74, 6) is 0.230. The van der Waals surface area contributed by atoms with Crippen LogP contribution in [-0.2, 0) is 0 Å². The molecule has 0 aromatic heterocycles. The molecule has 0 heterocycles. The third-order valence-electron chi connectivity index (χ3n) is 1.62. The first-order chi connectivity index (χ1) is 5.15. The summed E-state index contributed by atoms with van der Waals surface area (Å²) < 4.78 is 0. The molecule has 0 bridgehead atoms. The lowest BCUT2D eigenvalue weighted by molar-refractivity contribution is 0.471. The number of benzene rings is 1. The Labute approximate surface area is 66.0 Å². The maximum absolute atomic E-state index is 9.21. The van der Waals surface area contributed by atoms with Gasteiger partial charge in [-0.25, -0.2) is 0 Å². The standard InChI is InChI=1S/C9H11NO/c1-3-7-4-6(2)9(11)5-8(7)10/h3-5,11H,1,10H2,2H3. The van der Waals surface area contributed by atoms with Crippen molar-refractivity contribution in [1.82, 2.24) is 0 Å². The smallest absolute Gasteiger partial charge is 0.120 e. The van der Waals surface area contributed by atoms with Crippen LogP contribution >= 0.6 is 0 Å². The summed E-state index contributed by atoms with van der Waals surface area (Å²) >= 11 is 0. The highest BCUT2D eigenvalue weighted by Crippen LogP contribution is 2.23. The Morgan fingerprint density at radius 3 is 2.73 bits per heavy atom. The third kappa shape index (κ3) is 1.34. The lowest BCUT2D eigenvalue weighted by atomic mass is 10.1. The molecule has 2 nitrogen and oxygen atoms in total. The molecule has 58 valence electrons. The Hall–Kier alpha value is -1.44. The Bertz CT molecular complexity index is 292. The lowest BCUT2D eigenvalue weighted by Crippen LogP contribution is -1.89. The zero-order chi connectivity index (χ0) is 8.43. The van der Waals surface area contributed by atoms with Crippen molar-refractivity contribution in [1.29, 1.82) is 0 Å². The van der Waals surface area contributed by atoms with E-state index >= 15 is 0 Å². The average molecular weight is 149 g/mol. The zero-order valence-electron chi connectivity index (χ0n) is 6.46. The molecule has 0 fully saturated rings. The normalized spacial score (nSPS) is 9.55. The van der Waals surface area contributed by atoms with E-state index in [9.17, 15) is 5.11 Å². The number of nitrogen functional groups attached to an aromatic ring is 1. The lowest BCUT2D eigenvalue weighted by Gasteiger charge is -2.03. The number of hydrogen-bond acceptors (Lipinski definition) is 2. The van der Waals surface area contributed by atoms with Gasteiger partial charge in [-0.1, -0.05) is 12.7 Å². The largest absolute Gasteiger partial charge is 0.508 e. The van der Waals surface area contributed by atoms with Crippen molar-refractivity contribution in [3.63, 3.8) is 0 Å². The monoisotopic (exact) mass is 149 g/mol. The van der Waals surface area contributed by atoms with Gasteiger partial charge in [0.1, 0.15) is 5.75 Å². The van der Waals surface area contributed by atoms with Crippen LogP contribution in [0.15, 0.2) is 18.7 Å². The van der Waals surface area contributed by atoms with E-state index < -0.39 is 0 Å². The van der Waals surface area contributed by atoms with Gasteiger partial charge in [0.05, 0.1) is 0 Å². The molecule has 0 spiro atoms. The quantitative estimate of drug-likeness (QED) is 0.599. The Morgan fingerprint density at radius 1 is 1.55 bits per heavy atom.